The number of rotatable bonds is 3. The van der Waals surface area contributed by atoms with E-state index in [2.05, 4.69) is 9.97 Å². The van der Waals surface area contributed by atoms with Gasteiger partial charge in [0.25, 0.3) is 0 Å². The predicted octanol–water partition coefficient (Wildman–Crippen LogP) is 2.99. The molecule has 0 aromatic carbocycles. The summed E-state index contributed by atoms with van der Waals surface area (Å²) in [5, 5.41) is 0. The van der Waals surface area contributed by atoms with Crippen molar-refractivity contribution in [2.75, 3.05) is 13.1 Å². The first-order valence-electron chi connectivity index (χ1n) is 8.22. The molecule has 1 aliphatic carbocycles. The molecule has 0 bridgehead atoms. The Hall–Kier alpha value is -1.45. The molecule has 0 radical (unpaired) electrons. The topological polar surface area (TPSA) is 46.1 Å². The first kappa shape index (κ1) is 14.5. The van der Waals surface area contributed by atoms with Crippen LogP contribution in [0, 0.1) is 19.8 Å². The Bertz CT molecular complexity index is 503. The van der Waals surface area contributed by atoms with Crippen LogP contribution in [0.15, 0.2) is 6.07 Å². The summed E-state index contributed by atoms with van der Waals surface area (Å²) < 4.78 is 0. The highest BCUT2D eigenvalue weighted by atomic mass is 16.2. The monoisotopic (exact) mass is 287 g/mol. The van der Waals surface area contributed by atoms with Crippen LogP contribution in [-0.4, -0.2) is 33.9 Å². The van der Waals surface area contributed by atoms with E-state index in [9.17, 15) is 4.79 Å². The number of nitrogens with zero attached hydrogens (tertiary/aromatic N) is 3. The molecule has 114 valence electrons. The Labute approximate surface area is 127 Å². The average molecular weight is 287 g/mol. The zero-order chi connectivity index (χ0) is 14.8. The smallest absolute Gasteiger partial charge is 0.222 e. The molecule has 2 heterocycles. The number of carbonyl (C=O) groups is 1. The minimum absolute atomic E-state index is 0.316. The zero-order valence-corrected chi connectivity index (χ0v) is 13.1. The van der Waals surface area contributed by atoms with Gasteiger partial charge in [-0.3, -0.25) is 4.79 Å². The standard InChI is InChI=1S/C17H25N3O/c1-12-9-13(2)19-17(18-12)15-7-8-20(11-15)16(21)10-14-5-3-4-6-14/h9,14-15H,3-8,10-11H2,1-2H3. The third kappa shape index (κ3) is 3.42. The van der Waals surface area contributed by atoms with E-state index in [4.69, 9.17) is 0 Å². The molecular weight excluding hydrogens is 262 g/mol. The molecule has 1 unspecified atom stereocenters. The van der Waals surface area contributed by atoms with Crippen LogP contribution in [0.5, 0.6) is 0 Å². The van der Waals surface area contributed by atoms with Crippen molar-refractivity contribution in [3.8, 4) is 0 Å². The van der Waals surface area contributed by atoms with Crippen LogP contribution in [0.2, 0.25) is 0 Å². The van der Waals surface area contributed by atoms with Gasteiger partial charge in [-0.05, 0) is 45.1 Å². The van der Waals surface area contributed by atoms with Crippen LogP contribution < -0.4 is 0 Å². The van der Waals surface area contributed by atoms with E-state index < -0.39 is 0 Å². The fourth-order valence-electron chi connectivity index (χ4n) is 3.72. The van der Waals surface area contributed by atoms with Crippen LogP contribution in [-0.2, 0) is 4.79 Å². The van der Waals surface area contributed by atoms with E-state index in [1.807, 2.05) is 24.8 Å². The molecule has 2 fully saturated rings. The second kappa shape index (κ2) is 6.12. The summed E-state index contributed by atoms with van der Waals surface area (Å²) in [7, 11) is 0. The van der Waals surface area contributed by atoms with Gasteiger partial charge in [-0.25, -0.2) is 9.97 Å². The van der Waals surface area contributed by atoms with Gasteiger partial charge in [0.15, 0.2) is 0 Å². The number of hydrogen-bond donors (Lipinski definition) is 0. The van der Waals surface area contributed by atoms with Gasteiger partial charge in [0, 0.05) is 36.8 Å². The number of carbonyl (C=O) groups excluding carboxylic acids is 1. The predicted molar refractivity (Wildman–Crippen MR) is 82.0 cm³/mol. The molecule has 1 aromatic heterocycles. The van der Waals surface area contributed by atoms with Crippen molar-refractivity contribution < 1.29 is 4.79 Å². The first-order chi connectivity index (χ1) is 10.1. The van der Waals surface area contributed by atoms with Crippen molar-refractivity contribution in [2.24, 2.45) is 5.92 Å². The fraction of sp³-hybridized carbons (Fsp3) is 0.706. The fourth-order valence-corrected chi connectivity index (χ4v) is 3.72. The van der Waals surface area contributed by atoms with E-state index in [1.54, 1.807) is 0 Å². The normalized spacial score (nSPS) is 23.0. The Morgan fingerprint density at radius 3 is 2.52 bits per heavy atom. The number of likely N-dealkylation sites (tertiary alicyclic amines) is 1. The van der Waals surface area contributed by atoms with Gasteiger partial charge >= 0.3 is 0 Å². The van der Waals surface area contributed by atoms with E-state index in [0.29, 0.717) is 17.7 Å². The van der Waals surface area contributed by atoms with Gasteiger partial charge in [0.2, 0.25) is 5.91 Å². The second-order valence-corrected chi connectivity index (χ2v) is 6.69. The minimum atomic E-state index is 0.316. The summed E-state index contributed by atoms with van der Waals surface area (Å²) >= 11 is 0. The van der Waals surface area contributed by atoms with Crippen molar-refractivity contribution in [2.45, 2.75) is 58.3 Å². The summed E-state index contributed by atoms with van der Waals surface area (Å²) in [6.07, 6.45) is 6.83. The molecule has 1 aliphatic heterocycles. The second-order valence-electron chi connectivity index (χ2n) is 6.69. The maximum absolute atomic E-state index is 12.4. The molecule has 0 N–H and O–H groups in total. The van der Waals surface area contributed by atoms with Gasteiger partial charge in [-0.2, -0.15) is 0 Å². The molecule has 0 spiro atoms. The molecule has 3 rings (SSSR count). The highest BCUT2D eigenvalue weighted by Crippen LogP contribution is 2.30. The zero-order valence-electron chi connectivity index (χ0n) is 13.1. The van der Waals surface area contributed by atoms with Crippen LogP contribution in [0.4, 0.5) is 0 Å². The summed E-state index contributed by atoms with van der Waals surface area (Å²) in [5.74, 6) is 2.21. The lowest BCUT2D eigenvalue weighted by molar-refractivity contribution is -0.131. The third-order valence-electron chi connectivity index (χ3n) is 4.84. The lowest BCUT2D eigenvalue weighted by atomic mass is 10.0. The van der Waals surface area contributed by atoms with E-state index >= 15 is 0 Å². The minimum Gasteiger partial charge on any atom is -0.342 e. The molecule has 1 saturated carbocycles. The van der Waals surface area contributed by atoms with Gasteiger partial charge in [0.1, 0.15) is 5.82 Å². The van der Waals surface area contributed by atoms with Crippen molar-refractivity contribution in [1.29, 1.82) is 0 Å². The number of aromatic nitrogens is 2. The summed E-state index contributed by atoms with van der Waals surface area (Å²) in [6, 6.07) is 2.00. The third-order valence-corrected chi connectivity index (χ3v) is 4.84. The largest absolute Gasteiger partial charge is 0.342 e. The maximum Gasteiger partial charge on any atom is 0.222 e. The Balaban J connectivity index is 1.60. The van der Waals surface area contributed by atoms with Crippen molar-refractivity contribution in [1.82, 2.24) is 14.9 Å². The highest BCUT2D eigenvalue weighted by molar-refractivity contribution is 5.76. The lowest BCUT2D eigenvalue weighted by Crippen LogP contribution is -2.29. The number of hydrogen-bond acceptors (Lipinski definition) is 3. The van der Waals surface area contributed by atoms with Gasteiger partial charge in [-0.15, -0.1) is 0 Å². The summed E-state index contributed by atoms with van der Waals surface area (Å²) in [5.41, 5.74) is 2.04. The molecule has 1 atom stereocenters. The molecule has 1 aromatic rings. The van der Waals surface area contributed by atoms with Crippen molar-refractivity contribution >= 4 is 5.91 Å². The highest BCUT2D eigenvalue weighted by Gasteiger charge is 2.30. The molecule has 2 aliphatic rings. The SMILES string of the molecule is Cc1cc(C)nc(C2CCN(C(=O)CC3CCCC3)C2)n1. The molecule has 1 amide bonds. The Morgan fingerprint density at radius 1 is 1.19 bits per heavy atom. The average Bonchev–Trinajstić information content (AvgIpc) is 3.08. The summed E-state index contributed by atoms with van der Waals surface area (Å²) in [4.78, 5) is 23.6. The maximum atomic E-state index is 12.4. The van der Waals surface area contributed by atoms with Crippen molar-refractivity contribution in [3.63, 3.8) is 0 Å². The van der Waals surface area contributed by atoms with Gasteiger partial charge in [0.05, 0.1) is 0 Å². The van der Waals surface area contributed by atoms with Crippen LogP contribution in [0.25, 0.3) is 0 Å². The first-order valence-corrected chi connectivity index (χ1v) is 8.22. The summed E-state index contributed by atoms with van der Waals surface area (Å²) in [6.45, 7) is 5.69. The van der Waals surface area contributed by atoms with E-state index in [0.717, 1.165) is 43.1 Å². The molecular formula is C17H25N3O. The Morgan fingerprint density at radius 2 is 1.86 bits per heavy atom. The van der Waals surface area contributed by atoms with Crippen LogP contribution in [0.3, 0.4) is 0 Å². The van der Waals surface area contributed by atoms with Crippen molar-refractivity contribution in [3.05, 3.63) is 23.3 Å². The van der Waals surface area contributed by atoms with Gasteiger partial charge in [-0.1, -0.05) is 12.8 Å². The quantitative estimate of drug-likeness (QED) is 0.858. The molecule has 4 nitrogen and oxygen atoms in total. The molecule has 21 heavy (non-hydrogen) atoms. The van der Waals surface area contributed by atoms with Gasteiger partial charge < -0.3 is 4.90 Å². The van der Waals surface area contributed by atoms with Crippen LogP contribution >= 0.6 is 0 Å². The number of amides is 1. The van der Waals surface area contributed by atoms with E-state index in [1.165, 1.54) is 25.7 Å². The molecule has 4 heteroatoms. The van der Waals surface area contributed by atoms with E-state index in [-0.39, 0.29) is 0 Å². The number of aryl methyl sites for hydroxylation is 2. The lowest BCUT2D eigenvalue weighted by Gasteiger charge is -2.18. The Kier molecular flexibility index (Phi) is 4.22. The molecule has 1 saturated heterocycles. The van der Waals surface area contributed by atoms with Crippen LogP contribution in [0.1, 0.15) is 61.7 Å².